The van der Waals surface area contributed by atoms with Crippen molar-refractivity contribution in [3.8, 4) is 0 Å². The molecule has 1 rings (SSSR count). The molecule has 0 spiro atoms. The summed E-state index contributed by atoms with van der Waals surface area (Å²) in [6.07, 6.45) is 5.30. The fraction of sp³-hybridized carbons (Fsp3) is 0.900. The van der Waals surface area contributed by atoms with E-state index in [-0.39, 0.29) is 17.9 Å². The molecule has 3 nitrogen and oxygen atoms in total. The fourth-order valence-corrected chi connectivity index (χ4v) is 1.86. The summed E-state index contributed by atoms with van der Waals surface area (Å²) in [7, 11) is 0. The Morgan fingerprint density at radius 1 is 1.46 bits per heavy atom. The van der Waals surface area contributed by atoms with Gasteiger partial charge in [0.1, 0.15) is 0 Å². The zero-order chi connectivity index (χ0) is 9.68. The van der Waals surface area contributed by atoms with Crippen LogP contribution in [0.2, 0.25) is 0 Å². The topological polar surface area (TPSA) is 55.1 Å². The van der Waals surface area contributed by atoms with Gasteiger partial charge in [0.15, 0.2) is 0 Å². The molecule has 1 amide bonds. The minimum Gasteiger partial charge on any atom is -0.356 e. The summed E-state index contributed by atoms with van der Waals surface area (Å²) in [6, 6.07) is 0.0885. The Morgan fingerprint density at radius 3 is 2.77 bits per heavy atom. The van der Waals surface area contributed by atoms with Gasteiger partial charge < -0.3 is 11.1 Å². The van der Waals surface area contributed by atoms with Gasteiger partial charge in [-0.15, -0.1) is 0 Å². The lowest BCUT2D eigenvalue weighted by Gasteiger charge is -2.27. The molecule has 1 fully saturated rings. The fourth-order valence-electron chi connectivity index (χ4n) is 1.86. The zero-order valence-electron chi connectivity index (χ0n) is 8.38. The number of nitrogens with two attached hydrogens (primary N) is 1. The van der Waals surface area contributed by atoms with Crippen LogP contribution in [0.4, 0.5) is 0 Å². The summed E-state index contributed by atoms with van der Waals surface area (Å²) >= 11 is 0. The van der Waals surface area contributed by atoms with Gasteiger partial charge in [-0.2, -0.15) is 0 Å². The molecule has 2 unspecified atom stereocenters. The third-order valence-electron chi connectivity index (χ3n) is 2.71. The molecule has 0 aromatic rings. The molecular weight excluding hydrogens is 164 g/mol. The average molecular weight is 184 g/mol. The summed E-state index contributed by atoms with van der Waals surface area (Å²) in [5, 5.41) is 2.91. The highest BCUT2D eigenvalue weighted by Gasteiger charge is 2.27. The molecule has 0 saturated heterocycles. The molecule has 0 aromatic heterocycles. The van der Waals surface area contributed by atoms with E-state index in [0.717, 1.165) is 32.2 Å². The van der Waals surface area contributed by atoms with Crippen molar-refractivity contribution in [3.63, 3.8) is 0 Å². The van der Waals surface area contributed by atoms with E-state index in [9.17, 15) is 4.79 Å². The Morgan fingerprint density at radius 2 is 2.15 bits per heavy atom. The second-order valence-corrected chi connectivity index (χ2v) is 3.85. The monoisotopic (exact) mass is 184 g/mol. The van der Waals surface area contributed by atoms with E-state index >= 15 is 0 Å². The van der Waals surface area contributed by atoms with Crippen LogP contribution in [0.25, 0.3) is 0 Å². The second kappa shape index (κ2) is 5.22. The molecule has 13 heavy (non-hydrogen) atoms. The van der Waals surface area contributed by atoms with Gasteiger partial charge in [0.05, 0.1) is 5.92 Å². The minimum absolute atomic E-state index is 0.0697. The standard InChI is InChI=1S/C10H20N2O/c1-2-7-12-10(13)8-5-3-4-6-9(8)11/h8-9H,2-7,11H2,1H3,(H,12,13). The molecule has 1 aliphatic carbocycles. The van der Waals surface area contributed by atoms with E-state index in [0.29, 0.717) is 0 Å². The predicted octanol–water partition coefficient (Wildman–Crippen LogP) is 1.03. The van der Waals surface area contributed by atoms with Gasteiger partial charge in [0.25, 0.3) is 0 Å². The van der Waals surface area contributed by atoms with Crippen LogP contribution < -0.4 is 11.1 Å². The molecule has 0 radical (unpaired) electrons. The highest BCUT2D eigenvalue weighted by Crippen LogP contribution is 2.22. The summed E-state index contributed by atoms with van der Waals surface area (Å²) in [5.74, 6) is 0.231. The van der Waals surface area contributed by atoms with Gasteiger partial charge in [-0.1, -0.05) is 19.8 Å². The molecule has 0 aromatic carbocycles. The Bertz CT molecular complexity index is 170. The maximum Gasteiger partial charge on any atom is 0.224 e. The highest BCUT2D eigenvalue weighted by molar-refractivity contribution is 5.79. The maximum atomic E-state index is 11.6. The molecule has 0 aliphatic heterocycles. The lowest BCUT2D eigenvalue weighted by atomic mass is 9.84. The van der Waals surface area contributed by atoms with E-state index < -0.39 is 0 Å². The molecule has 3 heteroatoms. The van der Waals surface area contributed by atoms with Crippen molar-refractivity contribution in [1.29, 1.82) is 0 Å². The molecule has 1 aliphatic rings. The number of carbonyl (C=O) groups is 1. The van der Waals surface area contributed by atoms with Gasteiger partial charge >= 0.3 is 0 Å². The number of carbonyl (C=O) groups excluding carboxylic acids is 1. The lowest BCUT2D eigenvalue weighted by Crippen LogP contribution is -2.43. The average Bonchev–Trinajstić information content (AvgIpc) is 2.15. The summed E-state index contributed by atoms with van der Waals surface area (Å²) in [5.41, 5.74) is 5.89. The van der Waals surface area contributed by atoms with Crippen LogP contribution in [0.15, 0.2) is 0 Å². The van der Waals surface area contributed by atoms with Crippen LogP contribution in [-0.2, 0) is 4.79 Å². The van der Waals surface area contributed by atoms with Gasteiger partial charge in [-0.05, 0) is 19.3 Å². The Labute approximate surface area is 80.1 Å². The minimum atomic E-state index is 0.0697. The van der Waals surface area contributed by atoms with Crippen molar-refractivity contribution >= 4 is 5.91 Å². The lowest BCUT2D eigenvalue weighted by molar-refractivity contribution is -0.126. The Balaban J connectivity index is 2.35. The number of hydrogen-bond donors (Lipinski definition) is 2. The summed E-state index contributed by atoms with van der Waals surface area (Å²) < 4.78 is 0. The quantitative estimate of drug-likeness (QED) is 0.688. The SMILES string of the molecule is CCCNC(=O)C1CCCCC1N. The molecule has 3 N–H and O–H groups in total. The van der Waals surface area contributed by atoms with Crippen LogP contribution in [0, 0.1) is 5.92 Å². The third-order valence-corrected chi connectivity index (χ3v) is 2.71. The number of nitrogens with one attached hydrogen (secondary N) is 1. The van der Waals surface area contributed by atoms with E-state index in [4.69, 9.17) is 5.73 Å². The normalized spacial score (nSPS) is 28.5. The zero-order valence-corrected chi connectivity index (χ0v) is 8.38. The molecular formula is C10H20N2O. The third kappa shape index (κ3) is 2.99. The predicted molar refractivity (Wildman–Crippen MR) is 53.2 cm³/mol. The van der Waals surface area contributed by atoms with Gasteiger partial charge in [-0.25, -0.2) is 0 Å². The van der Waals surface area contributed by atoms with Gasteiger partial charge in [0.2, 0.25) is 5.91 Å². The van der Waals surface area contributed by atoms with Gasteiger partial charge in [0, 0.05) is 12.6 Å². The van der Waals surface area contributed by atoms with Crippen LogP contribution in [0.5, 0.6) is 0 Å². The number of rotatable bonds is 3. The van der Waals surface area contributed by atoms with Crippen molar-refractivity contribution in [2.75, 3.05) is 6.54 Å². The Hall–Kier alpha value is -0.570. The molecule has 2 atom stereocenters. The summed E-state index contributed by atoms with van der Waals surface area (Å²) in [6.45, 7) is 2.84. The van der Waals surface area contributed by atoms with Crippen molar-refractivity contribution < 1.29 is 4.79 Å². The van der Waals surface area contributed by atoms with Crippen LogP contribution in [0.1, 0.15) is 39.0 Å². The van der Waals surface area contributed by atoms with Crippen LogP contribution in [0.3, 0.4) is 0 Å². The van der Waals surface area contributed by atoms with E-state index in [1.54, 1.807) is 0 Å². The molecule has 76 valence electrons. The van der Waals surface area contributed by atoms with Crippen molar-refractivity contribution in [2.45, 2.75) is 45.1 Å². The first-order valence-electron chi connectivity index (χ1n) is 5.29. The highest BCUT2D eigenvalue weighted by atomic mass is 16.1. The molecule has 0 heterocycles. The van der Waals surface area contributed by atoms with Crippen molar-refractivity contribution in [3.05, 3.63) is 0 Å². The van der Waals surface area contributed by atoms with E-state index in [1.165, 1.54) is 6.42 Å². The number of hydrogen-bond acceptors (Lipinski definition) is 2. The first kappa shape index (κ1) is 10.5. The van der Waals surface area contributed by atoms with Gasteiger partial charge in [-0.3, -0.25) is 4.79 Å². The largest absolute Gasteiger partial charge is 0.356 e. The van der Waals surface area contributed by atoms with Crippen molar-refractivity contribution in [1.82, 2.24) is 5.32 Å². The first-order valence-corrected chi connectivity index (χ1v) is 5.29. The first-order chi connectivity index (χ1) is 6.25. The van der Waals surface area contributed by atoms with E-state index in [2.05, 4.69) is 12.2 Å². The number of amides is 1. The second-order valence-electron chi connectivity index (χ2n) is 3.85. The molecule has 0 bridgehead atoms. The van der Waals surface area contributed by atoms with Crippen molar-refractivity contribution in [2.24, 2.45) is 11.7 Å². The van der Waals surface area contributed by atoms with Crippen LogP contribution >= 0.6 is 0 Å². The van der Waals surface area contributed by atoms with Crippen LogP contribution in [-0.4, -0.2) is 18.5 Å². The summed E-state index contributed by atoms with van der Waals surface area (Å²) in [4.78, 5) is 11.6. The Kier molecular flexibility index (Phi) is 4.22. The van der Waals surface area contributed by atoms with E-state index in [1.807, 2.05) is 0 Å². The molecule has 1 saturated carbocycles. The smallest absolute Gasteiger partial charge is 0.224 e. The maximum absolute atomic E-state index is 11.6.